The summed E-state index contributed by atoms with van der Waals surface area (Å²) < 4.78 is 5.18. The number of thioether (sulfide) groups is 1. The first kappa shape index (κ1) is 15.3. The van der Waals surface area contributed by atoms with Gasteiger partial charge < -0.3 is 4.74 Å². The minimum atomic E-state index is 0.131. The van der Waals surface area contributed by atoms with Crippen LogP contribution in [0.3, 0.4) is 0 Å². The Morgan fingerprint density at radius 3 is 2.15 bits per heavy atom. The van der Waals surface area contributed by atoms with Crippen LogP contribution in [-0.2, 0) is 5.41 Å². The zero-order chi connectivity index (χ0) is 14.6. The van der Waals surface area contributed by atoms with Gasteiger partial charge in [0.1, 0.15) is 5.75 Å². The van der Waals surface area contributed by atoms with Crippen LogP contribution >= 0.6 is 24.4 Å². The number of benzene rings is 2. The van der Waals surface area contributed by atoms with Crippen molar-refractivity contribution >= 4 is 24.4 Å². The van der Waals surface area contributed by atoms with Crippen LogP contribution in [0.15, 0.2) is 58.3 Å². The summed E-state index contributed by atoms with van der Waals surface area (Å²) in [7, 11) is 1.69. The van der Waals surface area contributed by atoms with Gasteiger partial charge in [-0.05, 0) is 47.4 Å². The lowest BCUT2D eigenvalue weighted by Crippen LogP contribution is -2.20. The van der Waals surface area contributed by atoms with Gasteiger partial charge in [0.05, 0.1) is 7.11 Å². The molecule has 0 aliphatic rings. The van der Waals surface area contributed by atoms with Gasteiger partial charge in [-0.2, -0.15) is 0 Å². The number of hydrogen-bond donors (Lipinski definition) is 1. The maximum absolute atomic E-state index is 5.18. The van der Waals surface area contributed by atoms with Crippen molar-refractivity contribution in [1.82, 2.24) is 0 Å². The third-order valence-electron chi connectivity index (χ3n) is 3.31. The van der Waals surface area contributed by atoms with E-state index >= 15 is 0 Å². The molecule has 0 unspecified atom stereocenters. The Balaban J connectivity index is 2.02. The molecular weight excluding hydrogens is 284 g/mol. The highest BCUT2D eigenvalue weighted by molar-refractivity contribution is 7.99. The summed E-state index contributed by atoms with van der Waals surface area (Å²) in [5.74, 6) is 1.93. The standard InChI is InChI=1S/C17H20OS2/c1-17(2,13-4-8-15(19)9-5-13)12-20-16-10-6-14(18-3)7-11-16/h4-11,19H,12H2,1-3H3. The van der Waals surface area contributed by atoms with Crippen molar-refractivity contribution in [2.24, 2.45) is 0 Å². The lowest BCUT2D eigenvalue weighted by atomic mass is 9.87. The molecule has 1 nitrogen and oxygen atoms in total. The SMILES string of the molecule is COc1ccc(SCC(C)(C)c2ccc(S)cc2)cc1. The lowest BCUT2D eigenvalue weighted by Gasteiger charge is -2.25. The van der Waals surface area contributed by atoms with Gasteiger partial charge in [-0.15, -0.1) is 24.4 Å². The zero-order valence-corrected chi connectivity index (χ0v) is 13.8. The van der Waals surface area contributed by atoms with Crippen LogP contribution in [0.25, 0.3) is 0 Å². The Morgan fingerprint density at radius 1 is 1.00 bits per heavy atom. The Bertz CT molecular complexity index is 544. The molecule has 0 bridgehead atoms. The molecule has 0 saturated carbocycles. The highest BCUT2D eigenvalue weighted by Crippen LogP contribution is 2.32. The number of hydrogen-bond acceptors (Lipinski definition) is 3. The first-order chi connectivity index (χ1) is 9.51. The van der Waals surface area contributed by atoms with E-state index in [2.05, 4.69) is 62.9 Å². The van der Waals surface area contributed by atoms with Gasteiger partial charge in [0.2, 0.25) is 0 Å². The minimum Gasteiger partial charge on any atom is -0.497 e. The van der Waals surface area contributed by atoms with Crippen LogP contribution in [0, 0.1) is 0 Å². The van der Waals surface area contributed by atoms with E-state index in [-0.39, 0.29) is 5.41 Å². The molecule has 20 heavy (non-hydrogen) atoms. The van der Waals surface area contributed by atoms with Crippen molar-refractivity contribution in [1.29, 1.82) is 0 Å². The summed E-state index contributed by atoms with van der Waals surface area (Å²) in [6.45, 7) is 4.55. The van der Waals surface area contributed by atoms with Crippen LogP contribution in [-0.4, -0.2) is 12.9 Å². The molecule has 0 aliphatic heterocycles. The quantitative estimate of drug-likeness (QED) is 0.611. The number of thiol groups is 1. The second-order valence-electron chi connectivity index (χ2n) is 5.39. The third-order valence-corrected chi connectivity index (χ3v) is 5.08. The highest BCUT2D eigenvalue weighted by Gasteiger charge is 2.20. The highest BCUT2D eigenvalue weighted by atomic mass is 32.2. The summed E-state index contributed by atoms with van der Waals surface area (Å²) in [6.07, 6.45) is 0. The maximum atomic E-state index is 5.18. The van der Waals surface area contributed by atoms with Crippen molar-refractivity contribution in [3.8, 4) is 5.75 Å². The Hall–Kier alpha value is -1.06. The molecule has 3 heteroatoms. The van der Waals surface area contributed by atoms with Crippen LogP contribution in [0.5, 0.6) is 5.75 Å². The minimum absolute atomic E-state index is 0.131. The van der Waals surface area contributed by atoms with Gasteiger partial charge >= 0.3 is 0 Å². The molecule has 106 valence electrons. The fourth-order valence-electron chi connectivity index (χ4n) is 1.93. The molecule has 0 aromatic heterocycles. The lowest BCUT2D eigenvalue weighted by molar-refractivity contribution is 0.414. The summed E-state index contributed by atoms with van der Waals surface area (Å²) in [4.78, 5) is 2.28. The predicted molar refractivity (Wildman–Crippen MR) is 90.4 cm³/mol. The largest absolute Gasteiger partial charge is 0.497 e. The van der Waals surface area contributed by atoms with Gasteiger partial charge in [0.25, 0.3) is 0 Å². The van der Waals surface area contributed by atoms with Crippen molar-refractivity contribution in [3.63, 3.8) is 0 Å². The monoisotopic (exact) mass is 304 g/mol. The van der Waals surface area contributed by atoms with Crippen LogP contribution in [0.2, 0.25) is 0 Å². The van der Waals surface area contributed by atoms with Crippen molar-refractivity contribution in [3.05, 3.63) is 54.1 Å². The molecule has 2 aromatic carbocycles. The van der Waals surface area contributed by atoms with Crippen LogP contribution in [0.1, 0.15) is 19.4 Å². The Morgan fingerprint density at radius 2 is 1.60 bits per heavy atom. The van der Waals surface area contributed by atoms with Crippen LogP contribution < -0.4 is 4.74 Å². The predicted octanol–water partition coefficient (Wildman–Crippen LogP) is 5.05. The van der Waals surface area contributed by atoms with E-state index in [0.29, 0.717) is 0 Å². The Labute approximate surface area is 131 Å². The van der Waals surface area contributed by atoms with Gasteiger partial charge in [-0.3, -0.25) is 0 Å². The third kappa shape index (κ3) is 3.97. The Kier molecular flexibility index (Phi) is 5.06. The molecule has 0 amide bonds. The van der Waals surface area contributed by atoms with Gasteiger partial charge in [-0.1, -0.05) is 26.0 Å². The first-order valence-corrected chi connectivity index (χ1v) is 8.01. The molecule has 2 aromatic rings. The van der Waals surface area contributed by atoms with E-state index in [1.807, 2.05) is 23.9 Å². The van der Waals surface area contributed by atoms with E-state index < -0.39 is 0 Å². The zero-order valence-electron chi connectivity index (χ0n) is 12.1. The second-order valence-corrected chi connectivity index (χ2v) is 6.96. The molecule has 0 aliphatic carbocycles. The van der Waals surface area contributed by atoms with Gasteiger partial charge in [-0.25, -0.2) is 0 Å². The molecule has 0 saturated heterocycles. The van der Waals surface area contributed by atoms with Crippen molar-refractivity contribution in [2.45, 2.75) is 29.1 Å². The van der Waals surface area contributed by atoms with Crippen molar-refractivity contribution in [2.75, 3.05) is 12.9 Å². The number of ether oxygens (including phenoxy) is 1. The summed E-state index contributed by atoms with van der Waals surface area (Å²) >= 11 is 6.21. The summed E-state index contributed by atoms with van der Waals surface area (Å²) in [5.41, 5.74) is 1.47. The summed E-state index contributed by atoms with van der Waals surface area (Å²) in [5, 5.41) is 0. The van der Waals surface area contributed by atoms with Crippen LogP contribution in [0.4, 0.5) is 0 Å². The normalized spacial score (nSPS) is 11.4. The molecular formula is C17H20OS2. The first-order valence-electron chi connectivity index (χ1n) is 6.58. The van der Waals surface area contributed by atoms with E-state index in [0.717, 1.165) is 16.4 Å². The fraction of sp³-hybridized carbons (Fsp3) is 0.294. The fourth-order valence-corrected chi connectivity index (χ4v) is 3.10. The molecule has 0 N–H and O–H groups in total. The van der Waals surface area contributed by atoms with E-state index in [1.54, 1.807) is 7.11 Å². The molecule has 0 atom stereocenters. The van der Waals surface area contributed by atoms with E-state index in [9.17, 15) is 0 Å². The second kappa shape index (κ2) is 6.59. The average Bonchev–Trinajstić information content (AvgIpc) is 2.46. The van der Waals surface area contributed by atoms with Gasteiger partial charge in [0.15, 0.2) is 0 Å². The van der Waals surface area contributed by atoms with E-state index in [4.69, 9.17) is 4.74 Å². The smallest absolute Gasteiger partial charge is 0.118 e. The topological polar surface area (TPSA) is 9.23 Å². The molecule has 0 spiro atoms. The average molecular weight is 304 g/mol. The number of methoxy groups -OCH3 is 1. The maximum Gasteiger partial charge on any atom is 0.118 e. The molecule has 2 rings (SSSR count). The molecule has 0 radical (unpaired) electrons. The molecule has 0 fully saturated rings. The number of rotatable bonds is 5. The summed E-state index contributed by atoms with van der Waals surface area (Å²) in [6, 6.07) is 16.7. The van der Waals surface area contributed by atoms with E-state index in [1.165, 1.54) is 10.5 Å². The van der Waals surface area contributed by atoms with Gasteiger partial charge in [0, 0.05) is 15.5 Å². The molecule has 0 heterocycles. The van der Waals surface area contributed by atoms with Crippen molar-refractivity contribution < 1.29 is 4.74 Å².